The quantitative estimate of drug-likeness (QED) is 0.888. The van der Waals surface area contributed by atoms with Gasteiger partial charge < -0.3 is 10.6 Å². The lowest BCUT2D eigenvalue weighted by Crippen LogP contribution is -2.08. The molecule has 0 aliphatic rings. The van der Waals surface area contributed by atoms with Crippen LogP contribution < -0.4 is 10.6 Å². The summed E-state index contributed by atoms with van der Waals surface area (Å²) >= 11 is 1.54. The minimum Gasteiger partial charge on any atom is -0.380 e. The van der Waals surface area contributed by atoms with Crippen molar-refractivity contribution in [3.63, 3.8) is 0 Å². The van der Waals surface area contributed by atoms with Gasteiger partial charge in [-0.1, -0.05) is 6.07 Å². The van der Waals surface area contributed by atoms with Gasteiger partial charge in [-0.15, -0.1) is 11.3 Å². The van der Waals surface area contributed by atoms with Gasteiger partial charge in [0, 0.05) is 17.5 Å². The molecule has 5 heteroatoms. The summed E-state index contributed by atoms with van der Waals surface area (Å²) in [7, 11) is 0. The van der Waals surface area contributed by atoms with Crippen LogP contribution in [0.5, 0.6) is 0 Å². The highest BCUT2D eigenvalue weighted by molar-refractivity contribution is 7.10. The van der Waals surface area contributed by atoms with E-state index in [4.69, 9.17) is 0 Å². The molecule has 0 aliphatic heterocycles. The highest BCUT2D eigenvalue weighted by Gasteiger charge is 2.05. The monoisotopic (exact) mass is 264 g/mol. The average molecular weight is 264 g/mol. The van der Waals surface area contributed by atoms with Crippen molar-refractivity contribution < 1.29 is 9.18 Å². The van der Waals surface area contributed by atoms with E-state index in [1.54, 1.807) is 23.5 Å². The third-order valence-electron chi connectivity index (χ3n) is 2.33. The maximum atomic E-state index is 13.0. The zero-order valence-corrected chi connectivity index (χ0v) is 10.7. The summed E-state index contributed by atoms with van der Waals surface area (Å²) in [5, 5.41) is 7.79. The van der Waals surface area contributed by atoms with Crippen LogP contribution in [0.4, 0.5) is 15.8 Å². The lowest BCUT2D eigenvalue weighted by molar-refractivity contribution is -0.114. The summed E-state index contributed by atoms with van der Waals surface area (Å²) in [5.41, 5.74) is 1.52. The molecule has 0 unspecified atom stereocenters. The van der Waals surface area contributed by atoms with E-state index >= 15 is 0 Å². The molecule has 1 aromatic heterocycles. The van der Waals surface area contributed by atoms with Crippen LogP contribution >= 0.6 is 11.3 Å². The Morgan fingerprint density at radius 3 is 2.94 bits per heavy atom. The zero-order chi connectivity index (χ0) is 13.0. The van der Waals surface area contributed by atoms with Crippen molar-refractivity contribution in [2.75, 3.05) is 10.6 Å². The fourth-order valence-corrected chi connectivity index (χ4v) is 2.33. The van der Waals surface area contributed by atoms with E-state index in [0.29, 0.717) is 6.54 Å². The molecule has 0 fully saturated rings. The molecule has 3 nitrogen and oxygen atoms in total. The van der Waals surface area contributed by atoms with E-state index in [9.17, 15) is 9.18 Å². The van der Waals surface area contributed by atoms with Crippen LogP contribution in [0.1, 0.15) is 11.8 Å². The van der Waals surface area contributed by atoms with Gasteiger partial charge in [-0.3, -0.25) is 4.79 Å². The molecular formula is C13H13FN2OS. The van der Waals surface area contributed by atoms with Crippen LogP contribution in [0.25, 0.3) is 0 Å². The Hall–Kier alpha value is -1.88. The molecule has 2 rings (SSSR count). The minimum atomic E-state index is -0.270. The van der Waals surface area contributed by atoms with Gasteiger partial charge in [0.05, 0.1) is 12.2 Å². The second-order valence-corrected chi connectivity index (χ2v) is 4.80. The third kappa shape index (κ3) is 3.30. The molecule has 0 saturated heterocycles. The Morgan fingerprint density at radius 1 is 1.39 bits per heavy atom. The summed E-state index contributed by atoms with van der Waals surface area (Å²) in [6.07, 6.45) is 0. The van der Waals surface area contributed by atoms with Crippen molar-refractivity contribution in [3.8, 4) is 0 Å². The van der Waals surface area contributed by atoms with Gasteiger partial charge in [0.15, 0.2) is 0 Å². The van der Waals surface area contributed by atoms with Crippen molar-refractivity contribution in [1.29, 1.82) is 0 Å². The SMILES string of the molecule is CC(=O)Nc1ccsc1CNc1cccc(F)c1. The van der Waals surface area contributed by atoms with E-state index in [2.05, 4.69) is 10.6 Å². The molecule has 1 aromatic carbocycles. The number of anilines is 2. The number of rotatable bonds is 4. The summed E-state index contributed by atoms with van der Waals surface area (Å²) in [5.74, 6) is -0.367. The smallest absolute Gasteiger partial charge is 0.221 e. The summed E-state index contributed by atoms with van der Waals surface area (Å²) in [6.45, 7) is 2.03. The van der Waals surface area contributed by atoms with Crippen LogP contribution in [0, 0.1) is 5.82 Å². The molecule has 0 aliphatic carbocycles. The Morgan fingerprint density at radius 2 is 2.22 bits per heavy atom. The Kier molecular flexibility index (Phi) is 3.94. The van der Waals surface area contributed by atoms with Gasteiger partial charge >= 0.3 is 0 Å². The Bertz CT molecular complexity index is 553. The van der Waals surface area contributed by atoms with Crippen LogP contribution in [-0.2, 0) is 11.3 Å². The molecule has 94 valence electrons. The molecule has 0 atom stereocenters. The molecule has 0 bridgehead atoms. The first-order chi connectivity index (χ1) is 8.65. The molecular weight excluding hydrogens is 251 g/mol. The number of hydrogen-bond acceptors (Lipinski definition) is 3. The maximum absolute atomic E-state index is 13.0. The number of thiophene rings is 1. The standard InChI is InChI=1S/C13H13FN2OS/c1-9(17)16-12-5-6-18-13(12)8-15-11-4-2-3-10(14)7-11/h2-7,15H,8H2,1H3,(H,16,17). The Labute approximate surface area is 109 Å². The molecule has 1 heterocycles. The van der Waals surface area contributed by atoms with E-state index in [-0.39, 0.29) is 11.7 Å². The fourth-order valence-electron chi connectivity index (χ4n) is 1.56. The largest absolute Gasteiger partial charge is 0.380 e. The van der Waals surface area contributed by atoms with Gasteiger partial charge in [-0.2, -0.15) is 0 Å². The van der Waals surface area contributed by atoms with Crippen molar-refractivity contribution in [2.24, 2.45) is 0 Å². The highest BCUT2D eigenvalue weighted by Crippen LogP contribution is 2.23. The number of amides is 1. The van der Waals surface area contributed by atoms with Gasteiger partial charge in [0.25, 0.3) is 0 Å². The minimum absolute atomic E-state index is 0.0968. The number of hydrogen-bond donors (Lipinski definition) is 2. The van der Waals surface area contributed by atoms with Crippen molar-refractivity contribution in [3.05, 3.63) is 46.4 Å². The van der Waals surface area contributed by atoms with Gasteiger partial charge in [0.2, 0.25) is 5.91 Å². The lowest BCUT2D eigenvalue weighted by Gasteiger charge is -2.07. The van der Waals surface area contributed by atoms with Crippen LogP contribution in [0.15, 0.2) is 35.7 Å². The first kappa shape index (κ1) is 12.6. The third-order valence-corrected chi connectivity index (χ3v) is 3.25. The van der Waals surface area contributed by atoms with Crippen LogP contribution in [0.3, 0.4) is 0 Å². The maximum Gasteiger partial charge on any atom is 0.221 e. The summed E-state index contributed by atoms with van der Waals surface area (Å²) in [6, 6.07) is 8.15. The molecule has 0 spiro atoms. The predicted octanol–water partition coefficient (Wildman–Crippen LogP) is 3.46. The van der Waals surface area contributed by atoms with Crippen molar-refractivity contribution >= 4 is 28.6 Å². The number of carbonyl (C=O) groups is 1. The normalized spacial score (nSPS) is 10.1. The fraction of sp³-hybridized carbons (Fsp3) is 0.154. The topological polar surface area (TPSA) is 41.1 Å². The number of benzene rings is 1. The highest BCUT2D eigenvalue weighted by atomic mass is 32.1. The first-order valence-corrected chi connectivity index (χ1v) is 6.36. The summed E-state index contributed by atoms with van der Waals surface area (Å²) < 4.78 is 13.0. The van der Waals surface area contributed by atoms with Gasteiger partial charge in [-0.25, -0.2) is 4.39 Å². The Balaban J connectivity index is 2.02. The number of nitrogens with one attached hydrogen (secondary N) is 2. The second-order valence-electron chi connectivity index (χ2n) is 3.80. The molecule has 2 aromatic rings. The van der Waals surface area contributed by atoms with Gasteiger partial charge in [0.1, 0.15) is 5.82 Å². The van der Waals surface area contributed by atoms with E-state index in [1.807, 2.05) is 11.4 Å². The first-order valence-electron chi connectivity index (χ1n) is 5.48. The second kappa shape index (κ2) is 5.64. The van der Waals surface area contributed by atoms with E-state index in [0.717, 1.165) is 16.3 Å². The molecule has 0 radical (unpaired) electrons. The summed E-state index contributed by atoms with van der Waals surface area (Å²) in [4.78, 5) is 12.0. The molecule has 0 saturated carbocycles. The molecule has 2 N–H and O–H groups in total. The average Bonchev–Trinajstić information content (AvgIpc) is 2.73. The van der Waals surface area contributed by atoms with Crippen molar-refractivity contribution in [2.45, 2.75) is 13.5 Å². The van der Waals surface area contributed by atoms with E-state index in [1.165, 1.54) is 19.1 Å². The molecule has 1 amide bonds. The van der Waals surface area contributed by atoms with Gasteiger partial charge in [-0.05, 0) is 29.6 Å². The molecule has 18 heavy (non-hydrogen) atoms. The van der Waals surface area contributed by atoms with Crippen molar-refractivity contribution in [1.82, 2.24) is 0 Å². The van der Waals surface area contributed by atoms with Crippen LogP contribution in [-0.4, -0.2) is 5.91 Å². The number of halogens is 1. The predicted molar refractivity (Wildman–Crippen MR) is 72.3 cm³/mol. The zero-order valence-electron chi connectivity index (χ0n) is 9.87. The van der Waals surface area contributed by atoms with E-state index < -0.39 is 0 Å². The number of carbonyl (C=O) groups excluding carboxylic acids is 1. The lowest BCUT2D eigenvalue weighted by atomic mass is 10.3. The van der Waals surface area contributed by atoms with Crippen LogP contribution in [0.2, 0.25) is 0 Å².